The first kappa shape index (κ1) is 18.2. The maximum atomic E-state index is 12.8. The number of para-hydroxylation sites is 1. The molecule has 1 amide bonds. The van der Waals surface area contributed by atoms with Gasteiger partial charge in [0.2, 0.25) is 0 Å². The summed E-state index contributed by atoms with van der Waals surface area (Å²) in [4.78, 5) is 17.2. The van der Waals surface area contributed by atoms with Crippen molar-refractivity contribution in [1.82, 2.24) is 14.8 Å². The Morgan fingerprint density at radius 1 is 1.11 bits per heavy atom. The second-order valence-corrected chi connectivity index (χ2v) is 6.90. The maximum absolute atomic E-state index is 12.8. The molecule has 0 atom stereocenters. The van der Waals surface area contributed by atoms with E-state index in [1.807, 2.05) is 61.5 Å². The van der Waals surface area contributed by atoms with Gasteiger partial charge in [0.05, 0.1) is 27.4 Å². The van der Waals surface area contributed by atoms with Crippen LogP contribution in [0.5, 0.6) is 0 Å². The minimum absolute atomic E-state index is 0.296. The number of hydrogen-bond acceptors (Lipinski definition) is 3. The van der Waals surface area contributed by atoms with Gasteiger partial charge in [0.1, 0.15) is 0 Å². The van der Waals surface area contributed by atoms with Gasteiger partial charge in [0, 0.05) is 11.9 Å². The van der Waals surface area contributed by atoms with Crippen molar-refractivity contribution < 1.29 is 4.79 Å². The van der Waals surface area contributed by atoms with Crippen LogP contribution in [-0.4, -0.2) is 20.7 Å². The average Bonchev–Trinajstić information content (AvgIpc) is 3.07. The number of carbonyl (C=O) groups is 1. The summed E-state index contributed by atoms with van der Waals surface area (Å²) in [5.74, 6) is -0.296. The number of aryl methyl sites for hydroxylation is 2. The van der Waals surface area contributed by atoms with Crippen molar-refractivity contribution in [2.75, 3.05) is 5.32 Å². The summed E-state index contributed by atoms with van der Waals surface area (Å²) in [7, 11) is 0. The summed E-state index contributed by atoms with van der Waals surface area (Å²) in [5.41, 5.74) is 4.48. The van der Waals surface area contributed by atoms with E-state index in [4.69, 9.17) is 11.6 Å². The third-order valence-corrected chi connectivity index (χ3v) is 5.07. The normalized spacial score (nSPS) is 11.0. The molecule has 0 aliphatic carbocycles. The molecule has 0 unspecified atom stereocenters. The zero-order valence-corrected chi connectivity index (χ0v) is 16.4. The summed E-state index contributed by atoms with van der Waals surface area (Å²) in [6.45, 7) is 3.95. The molecule has 4 rings (SSSR count). The van der Waals surface area contributed by atoms with Gasteiger partial charge >= 0.3 is 0 Å². The van der Waals surface area contributed by atoms with E-state index in [0.717, 1.165) is 23.5 Å². The van der Waals surface area contributed by atoms with Crippen molar-refractivity contribution in [2.24, 2.45) is 0 Å². The van der Waals surface area contributed by atoms with Gasteiger partial charge in [-0.15, -0.1) is 0 Å². The SMILES string of the molecule is CCc1ccc(NC(=O)c2cnc3c(c(C)nn3-c3ccccc3)c2Cl)cc1. The molecule has 0 saturated heterocycles. The molecule has 0 saturated carbocycles. The number of carbonyl (C=O) groups excluding carboxylic acids is 1. The number of benzene rings is 2. The Hall–Kier alpha value is -3.18. The van der Waals surface area contributed by atoms with Gasteiger partial charge in [-0.2, -0.15) is 5.10 Å². The summed E-state index contributed by atoms with van der Waals surface area (Å²) >= 11 is 6.60. The number of rotatable bonds is 4. The summed E-state index contributed by atoms with van der Waals surface area (Å²) in [6.07, 6.45) is 2.45. The topological polar surface area (TPSA) is 59.8 Å². The van der Waals surface area contributed by atoms with Crippen molar-refractivity contribution in [1.29, 1.82) is 0 Å². The average molecular weight is 391 g/mol. The minimum Gasteiger partial charge on any atom is -0.322 e. The standard InChI is InChI=1S/C22H19ClN4O/c1-3-15-9-11-16(12-10-15)25-22(28)18-13-24-21-19(20(18)23)14(2)26-27(21)17-7-5-4-6-8-17/h4-13H,3H2,1-2H3,(H,25,28). The van der Waals surface area contributed by atoms with E-state index in [-0.39, 0.29) is 5.91 Å². The van der Waals surface area contributed by atoms with Gasteiger partial charge in [-0.25, -0.2) is 9.67 Å². The fourth-order valence-corrected chi connectivity index (χ4v) is 3.49. The number of hydrogen-bond donors (Lipinski definition) is 1. The van der Waals surface area contributed by atoms with Crippen molar-refractivity contribution in [3.8, 4) is 5.69 Å². The van der Waals surface area contributed by atoms with Gasteiger partial charge in [-0.1, -0.05) is 48.9 Å². The first-order chi connectivity index (χ1) is 13.6. The quantitative estimate of drug-likeness (QED) is 0.521. The summed E-state index contributed by atoms with van der Waals surface area (Å²) in [5, 5.41) is 8.48. The van der Waals surface area contributed by atoms with Gasteiger partial charge < -0.3 is 5.32 Å². The molecular weight excluding hydrogens is 372 g/mol. The monoisotopic (exact) mass is 390 g/mol. The lowest BCUT2D eigenvalue weighted by Gasteiger charge is -2.08. The van der Waals surface area contributed by atoms with Crippen LogP contribution in [0, 0.1) is 6.92 Å². The summed E-state index contributed by atoms with van der Waals surface area (Å²) in [6, 6.07) is 17.5. The molecule has 5 nitrogen and oxygen atoms in total. The molecule has 4 aromatic rings. The van der Waals surface area contributed by atoms with E-state index in [2.05, 4.69) is 22.3 Å². The van der Waals surface area contributed by atoms with Crippen LogP contribution < -0.4 is 5.32 Å². The molecule has 0 aliphatic heterocycles. The predicted molar refractivity (Wildman–Crippen MR) is 112 cm³/mol. The second-order valence-electron chi connectivity index (χ2n) is 6.52. The van der Waals surface area contributed by atoms with Crippen LogP contribution in [0.15, 0.2) is 60.8 Å². The van der Waals surface area contributed by atoms with Crippen LogP contribution >= 0.6 is 11.6 Å². The van der Waals surface area contributed by atoms with Crippen molar-refractivity contribution >= 4 is 34.2 Å². The Kier molecular flexibility index (Phi) is 4.84. The molecule has 2 aromatic heterocycles. The Labute approximate surface area is 168 Å². The number of nitrogens with one attached hydrogen (secondary N) is 1. The molecule has 0 spiro atoms. The predicted octanol–water partition coefficient (Wildman–Crippen LogP) is 5.20. The number of halogens is 1. The van der Waals surface area contributed by atoms with Gasteiger partial charge in [0.25, 0.3) is 5.91 Å². The third kappa shape index (κ3) is 3.25. The molecule has 140 valence electrons. The maximum Gasteiger partial charge on any atom is 0.258 e. The van der Waals surface area contributed by atoms with Crippen LogP contribution in [-0.2, 0) is 6.42 Å². The molecular formula is C22H19ClN4O. The third-order valence-electron chi connectivity index (χ3n) is 4.67. The molecule has 0 aliphatic rings. The molecule has 2 heterocycles. The number of pyridine rings is 1. The van der Waals surface area contributed by atoms with Gasteiger partial charge in [-0.3, -0.25) is 4.79 Å². The number of fused-ring (bicyclic) bond motifs is 1. The van der Waals surface area contributed by atoms with Crippen LogP contribution in [0.25, 0.3) is 16.7 Å². The van der Waals surface area contributed by atoms with Crippen LogP contribution in [0.4, 0.5) is 5.69 Å². The Morgan fingerprint density at radius 2 is 1.82 bits per heavy atom. The lowest BCUT2D eigenvalue weighted by atomic mass is 10.1. The highest BCUT2D eigenvalue weighted by atomic mass is 35.5. The van der Waals surface area contributed by atoms with Gasteiger partial charge in [-0.05, 0) is 43.2 Å². The highest BCUT2D eigenvalue weighted by Crippen LogP contribution is 2.30. The largest absolute Gasteiger partial charge is 0.322 e. The summed E-state index contributed by atoms with van der Waals surface area (Å²) < 4.78 is 1.74. The fraction of sp³-hybridized carbons (Fsp3) is 0.136. The van der Waals surface area contributed by atoms with Gasteiger partial charge in [0.15, 0.2) is 5.65 Å². The molecule has 6 heteroatoms. The molecule has 0 bridgehead atoms. The molecule has 28 heavy (non-hydrogen) atoms. The van der Waals surface area contributed by atoms with Crippen LogP contribution in [0.3, 0.4) is 0 Å². The molecule has 0 radical (unpaired) electrons. The molecule has 1 N–H and O–H groups in total. The number of nitrogens with zero attached hydrogens (tertiary/aromatic N) is 3. The van der Waals surface area contributed by atoms with E-state index in [1.165, 1.54) is 11.8 Å². The van der Waals surface area contributed by atoms with Crippen molar-refractivity contribution in [3.63, 3.8) is 0 Å². The smallest absolute Gasteiger partial charge is 0.258 e. The highest BCUT2D eigenvalue weighted by molar-refractivity contribution is 6.39. The minimum atomic E-state index is -0.296. The number of anilines is 1. The van der Waals surface area contributed by atoms with E-state index >= 15 is 0 Å². The van der Waals surface area contributed by atoms with E-state index in [1.54, 1.807) is 4.68 Å². The fourth-order valence-electron chi connectivity index (χ4n) is 3.14. The number of amides is 1. The number of aromatic nitrogens is 3. The Balaban J connectivity index is 1.71. The first-order valence-corrected chi connectivity index (χ1v) is 9.46. The zero-order chi connectivity index (χ0) is 19.7. The Morgan fingerprint density at radius 3 is 2.50 bits per heavy atom. The molecule has 0 fully saturated rings. The van der Waals surface area contributed by atoms with Crippen molar-refractivity contribution in [3.05, 3.63) is 82.6 Å². The Bertz CT molecular complexity index is 1150. The highest BCUT2D eigenvalue weighted by Gasteiger charge is 2.20. The van der Waals surface area contributed by atoms with E-state index in [0.29, 0.717) is 21.6 Å². The second kappa shape index (κ2) is 7.44. The first-order valence-electron chi connectivity index (χ1n) is 9.08. The lowest BCUT2D eigenvalue weighted by Crippen LogP contribution is -2.13. The zero-order valence-electron chi connectivity index (χ0n) is 15.6. The van der Waals surface area contributed by atoms with E-state index in [9.17, 15) is 4.79 Å². The van der Waals surface area contributed by atoms with Crippen LogP contribution in [0.1, 0.15) is 28.5 Å². The van der Waals surface area contributed by atoms with Crippen LogP contribution in [0.2, 0.25) is 5.02 Å². The van der Waals surface area contributed by atoms with E-state index < -0.39 is 0 Å². The van der Waals surface area contributed by atoms with Crippen molar-refractivity contribution in [2.45, 2.75) is 20.3 Å². The molecule has 2 aromatic carbocycles. The lowest BCUT2D eigenvalue weighted by molar-refractivity contribution is 0.102.